The van der Waals surface area contributed by atoms with Crippen molar-refractivity contribution in [2.45, 2.75) is 6.42 Å². The second-order valence-corrected chi connectivity index (χ2v) is 6.07. The van der Waals surface area contributed by atoms with Crippen LogP contribution in [0.1, 0.15) is 16.1 Å². The van der Waals surface area contributed by atoms with Crippen LogP contribution in [0, 0.1) is 0 Å². The minimum Gasteiger partial charge on any atom is -0.385 e. The van der Waals surface area contributed by atoms with Gasteiger partial charge in [0.1, 0.15) is 0 Å². The molecule has 0 amide bonds. The number of thiophene rings is 1. The van der Waals surface area contributed by atoms with Gasteiger partial charge in [-0.2, -0.15) is 0 Å². The lowest BCUT2D eigenvalue weighted by molar-refractivity contribution is 0.0942. The maximum absolute atomic E-state index is 11.8. The Hall–Kier alpha value is -0.230. The number of methoxy groups -OCH3 is 1. The number of halogens is 1. The van der Waals surface area contributed by atoms with Crippen LogP contribution in [0.15, 0.2) is 15.9 Å². The number of carbonyl (C=O) groups is 1. The lowest BCUT2D eigenvalue weighted by atomic mass is 10.3. The first-order valence-corrected chi connectivity index (χ1v) is 6.70. The fourth-order valence-electron chi connectivity index (χ4n) is 1.35. The largest absolute Gasteiger partial charge is 0.385 e. The lowest BCUT2D eigenvalue weighted by Gasteiger charge is -2.14. The molecule has 16 heavy (non-hydrogen) atoms. The monoisotopic (exact) mass is 305 g/mol. The lowest BCUT2D eigenvalue weighted by Crippen LogP contribution is -2.27. The molecule has 1 aromatic rings. The number of likely N-dealkylation sites (N-methyl/N-ethyl adjacent to an activating group) is 1. The summed E-state index contributed by atoms with van der Waals surface area (Å²) < 4.78 is 5.97. The van der Waals surface area contributed by atoms with E-state index >= 15 is 0 Å². The number of ketones is 1. The zero-order valence-electron chi connectivity index (χ0n) is 9.53. The molecule has 0 saturated carbocycles. The summed E-state index contributed by atoms with van der Waals surface area (Å²) >= 11 is 4.84. The molecule has 1 heterocycles. The molecule has 3 nitrogen and oxygen atoms in total. The highest BCUT2D eigenvalue weighted by Crippen LogP contribution is 2.22. The van der Waals surface area contributed by atoms with E-state index in [1.165, 1.54) is 11.3 Å². The molecule has 0 N–H and O–H groups in total. The van der Waals surface area contributed by atoms with E-state index < -0.39 is 0 Å². The van der Waals surface area contributed by atoms with Crippen LogP contribution in [0.5, 0.6) is 0 Å². The highest BCUT2D eigenvalue weighted by Gasteiger charge is 2.11. The minimum atomic E-state index is 0.176. The predicted octanol–water partition coefficient (Wildman–Crippen LogP) is 2.66. The molecule has 1 rings (SSSR count). The van der Waals surface area contributed by atoms with Crippen LogP contribution in [-0.4, -0.2) is 44.5 Å². The van der Waals surface area contributed by atoms with E-state index in [-0.39, 0.29) is 5.78 Å². The topological polar surface area (TPSA) is 29.5 Å². The molecule has 1 aromatic heterocycles. The average Bonchev–Trinajstić information content (AvgIpc) is 2.65. The third-order valence-electron chi connectivity index (χ3n) is 2.15. The van der Waals surface area contributed by atoms with Crippen molar-refractivity contribution < 1.29 is 9.53 Å². The molecule has 0 aliphatic carbocycles. The van der Waals surface area contributed by atoms with Gasteiger partial charge in [-0.15, -0.1) is 11.3 Å². The predicted molar refractivity (Wildman–Crippen MR) is 70.3 cm³/mol. The van der Waals surface area contributed by atoms with E-state index in [0.717, 1.165) is 28.2 Å². The SMILES string of the molecule is COCCCN(C)CC(=O)c1ccc(Br)s1. The van der Waals surface area contributed by atoms with Gasteiger partial charge >= 0.3 is 0 Å². The third-order valence-corrected chi connectivity index (χ3v) is 3.81. The number of hydrogen-bond acceptors (Lipinski definition) is 4. The quantitative estimate of drug-likeness (QED) is 0.573. The van der Waals surface area contributed by atoms with Gasteiger partial charge in [0.2, 0.25) is 0 Å². The summed E-state index contributed by atoms with van der Waals surface area (Å²) in [7, 11) is 3.64. The molecular formula is C11H16BrNO2S. The first kappa shape index (κ1) is 13.8. The molecule has 0 saturated heterocycles. The van der Waals surface area contributed by atoms with Crippen molar-refractivity contribution in [2.24, 2.45) is 0 Å². The molecule has 0 fully saturated rings. The van der Waals surface area contributed by atoms with Gasteiger partial charge in [-0.3, -0.25) is 9.69 Å². The molecule has 0 radical (unpaired) electrons. The molecule has 0 unspecified atom stereocenters. The molecule has 0 aliphatic heterocycles. The summed E-state index contributed by atoms with van der Waals surface area (Å²) in [6, 6.07) is 3.77. The maximum atomic E-state index is 11.8. The fourth-order valence-corrected chi connectivity index (χ4v) is 2.66. The normalized spacial score (nSPS) is 11.0. The van der Waals surface area contributed by atoms with Gasteiger partial charge in [-0.1, -0.05) is 0 Å². The number of carbonyl (C=O) groups excluding carboxylic acids is 1. The van der Waals surface area contributed by atoms with Crippen LogP contribution >= 0.6 is 27.3 Å². The van der Waals surface area contributed by atoms with Gasteiger partial charge < -0.3 is 4.74 Å². The minimum absolute atomic E-state index is 0.176. The molecule has 0 atom stereocenters. The molecule has 0 spiro atoms. The van der Waals surface area contributed by atoms with Crippen molar-refractivity contribution in [2.75, 3.05) is 33.9 Å². The van der Waals surface area contributed by atoms with Crippen LogP contribution in [0.3, 0.4) is 0 Å². The van der Waals surface area contributed by atoms with Crippen LogP contribution in [-0.2, 0) is 4.74 Å². The van der Waals surface area contributed by atoms with Crippen molar-refractivity contribution in [3.63, 3.8) is 0 Å². The Bertz CT molecular complexity index is 340. The van der Waals surface area contributed by atoms with Gasteiger partial charge in [-0.25, -0.2) is 0 Å². The van der Waals surface area contributed by atoms with Gasteiger partial charge in [0.05, 0.1) is 15.2 Å². The number of nitrogens with zero attached hydrogens (tertiary/aromatic N) is 1. The maximum Gasteiger partial charge on any atom is 0.186 e. The number of hydrogen-bond donors (Lipinski definition) is 0. The molecule has 0 bridgehead atoms. The summed E-state index contributed by atoms with van der Waals surface area (Å²) in [5, 5.41) is 0. The van der Waals surface area contributed by atoms with Crippen molar-refractivity contribution in [1.29, 1.82) is 0 Å². The zero-order valence-corrected chi connectivity index (χ0v) is 11.9. The first-order valence-electron chi connectivity index (χ1n) is 5.09. The Morgan fingerprint density at radius 2 is 2.31 bits per heavy atom. The van der Waals surface area contributed by atoms with E-state index in [1.807, 2.05) is 24.1 Å². The average molecular weight is 306 g/mol. The fraction of sp³-hybridized carbons (Fsp3) is 0.545. The van der Waals surface area contributed by atoms with E-state index in [0.29, 0.717) is 6.54 Å². The van der Waals surface area contributed by atoms with Crippen molar-refractivity contribution in [3.8, 4) is 0 Å². The third kappa shape index (κ3) is 4.74. The summed E-state index contributed by atoms with van der Waals surface area (Å²) in [6.45, 7) is 2.09. The van der Waals surface area contributed by atoms with Gasteiger partial charge in [0, 0.05) is 20.3 Å². The van der Waals surface area contributed by atoms with Gasteiger partial charge in [0.15, 0.2) is 5.78 Å². The molecule has 0 aromatic carbocycles. The number of Topliss-reactive ketones (excluding diaryl/α,β-unsaturated/α-hetero) is 1. The van der Waals surface area contributed by atoms with E-state index in [1.54, 1.807) is 7.11 Å². The van der Waals surface area contributed by atoms with E-state index in [2.05, 4.69) is 15.9 Å². The van der Waals surface area contributed by atoms with Crippen LogP contribution in [0.25, 0.3) is 0 Å². The highest BCUT2D eigenvalue weighted by atomic mass is 79.9. The highest BCUT2D eigenvalue weighted by molar-refractivity contribution is 9.11. The van der Waals surface area contributed by atoms with Crippen LogP contribution < -0.4 is 0 Å². The smallest absolute Gasteiger partial charge is 0.186 e. The van der Waals surface area contributed by atoms with Crippen LogP contribution in [0.2, 0.25) is 0 Å². The molecule has 0 aliphatic rings. The standard InChI is InChI=1S/C11H16BrNO2S/c1-13(6-3-7-15-2)8-9(14)10-4-5-11(12)16-10/h4-5H,3,6-8H2,1-2H3. The Morgan fingerprint density at radius 1 is 1.56 bits per heavy atom. The van der Waals surface area contributed by atoms with E-state index in [9.17, 15) is 4.79 Å². The second kappa shape index (κ2) is 7.17. The van der Waals surface area contributed by atoms with Crippen molar-refractivity contribution in [1.82, 2.24) is 4.90 Å². The van der Waals surface area contributed by atoms with E-state index in [4.69, 9.17) is 4.74 Å². The van der Waals surface area contributed by atoms with Crippen molar-refractivity contribution in [3.05, 3.63) is 20.8 Å². The summed E-state index contributed by atoms with van der Waals surface area (Å²) in [5.74, 6) is 0.176. The molecule has 5 heteroatoms. The van der Waals surface area contributed by atoms with Gasteiger partial charge in [0.25, 0.3) is 0 Å². The Labute approximate surface area is 109 Å². The summed E-state index contributed by atoms with van der Waals surface area (Å²) in [6.07, 6.45) is 0.953. The Kier molecular flexibility index (Phi) is 6.20. The number of ether oxygens (including phenoxy) is 1. The van der Waals surface area contributed by atoms with Crippen molar-refractivity contribution >= 4 is 33.0 Å². The second-order valence-electron chi connectivity index (χ2n) is 3.61. The Morgan fingerprint density at radius 3 is 2.88 bits per heavy atom. The zero-order chi connectivity index (χ0) is 12.0. The number of rotatable bonds is 7. The molecular weight excluding hydrogens is 290 g/mol. The van der Waals surface area contributed by atoms with Gasteiger partial charge in [-0.05, 0) is 41.5 Å². The first-order chi connectivity index (χ1) is 7.63. The molecule has 90 valence electrons. The van der Waals surface area contributed by atoms with Crippen LogP contribution in [0.4, 0.5) is 0 Å². The summed E-state index contributed by atoms with van der Waals surface area (Å²) in [4.78, 5) is 14.7. The Balaban J connectivity index is 2.33. The summed E-state index contributed by atoms with van der Waals surface area (Å²) in [5.41, 5.74) is 0.